The van der Waals surface area contributed by atoms with E-state index in [1.54, 1.807) is 19.9 Å². The summed E-state index contributed by atoms with van der Waals surface area (Å²) in [6.45, 7) is 4.15. The first-order chi connectivity index (χ1) is 11.5. The van der Waals surface area contributed by atoms with E-state index < -0.39 is 7.60 Å². The van der Waals surface area contributed by atoms with Gasteiger partial charge in [0, 0.05) is 4.47 Å². The minimum absolute atomic E-state index is 0.0920. The maximum Gasteiger partial charge on any atom is 0.335 e. The second-order valence-corrected chi connectivity index (χ2v) is 7.75. The van der Waals surface area contributed by atoms with Crippen molar-refractivity contribution in [1.82, 2.24) is 9.97 Å². The summed E-state index contributed by atoms with van der Waals surface area (Å²) in [5.41, 5.74) is 1.85. The molecule has 1 aromatic carbocycles. The van der Waals surface area contributed by atoms with Crippen molar-refractivity contribution in [2.45, 2.75) is 20.0 Å². The molecule has 7 nitrogen and oxygen atoms in total. The Hall–Kier alpha value is -1.21. The van der Waals surface area contributed by atoms with Gasteiger partial charge in [0.2, 0.25) is 0 Å². The Bertz CT molecular complexity index is 761. The van der Waals surface area contributed by atoms with E-state index in [0.717, 1.165) is 4.47 Å². The molecule has 0 N–H and O–H groups in total. The van der Waals surface area contributed by atoms with Crippen LogP contribution in [0.3, 0.4) is 0 Å². The van der Waals surface area contributed by atoms with Gasteiger partial charge in [-0.3, -0.25) is 4.57 Å². The number of methoxy groups -OCH3 is 2. The summed E-state index contributed by atoms with van der Waals surface area (Å²) in [7, 11) is -0.285. The molecule has 9 heteroatoms. The largest absolute Gasteiger partial charge is 0.477 e. The maximum absolute atomic E-state index is 12.9. The molecule has 0 saturated heterocycles. The Morgan fingerprint density at radius 1 is 1.04 bits per heavy atom. The summed E-state index contributed by atoms with van der Waals surface area (Å²) in [5.74, 6) is 0.545. The fourth-order valence-electron chi connectivity index (χ4n) is 2.28. The van der Waals surface area contributed by atoms with Crippen LogP contribution in [-0.4, -0.2) is 37.4 Å². The maximum atomic E-state index is 12.9. The van der Waals surface area contributed by atoms with Gasteiger partial charge in [-0.15, -0.1) is 0 Å². The van der Waals surface area contributed by atoms with Crippen LogP contribution in [0.5, 0.6) is 11.8 Å². The molecule has 1 heterocycles. The molecule has 0 amide bonds. The van der Waals surface area contributed by atoms with Gasteiger partial charge in [0.25, 0.3) is 11.8 Å². The first-order valence-electron chi connectivity index (χ1n) is 7.42. The van der Waals surface area contributed by atoms with E-state index in [4.69, 9.17) is 18.5 Å². The predicted octanol–water partition coefficient (Wildman–Crippen LogP) is 4.18. The number of halogens is 1. The van der Waals surface area contributed by atoms with E-state index >= 15 is 0 Å². The molecule has 0 radical (unpaired) electrons. The van der Waals surface area contributed by atoms with E-state index in [2.05, 4.69) is 25.9 Å². The molecule has 0 aliphatic heterocycles. The van der Waals surface area contributed by atoms with Crippen molar-refractivity contribution < 1.29 is 23.1 Å². The molecule has 0 fully saturated rings. The fraction of sp³-hybridized carbons (Fsp3) is 0.467. The van der Waals surface area contributed by atoms with Gasteiger partial charge in [-0.25, -0.2) is 9.97 Å². The zero-order valence-electron chi connectivity index (χ0n) is 14.0. The van der Waals surface area contributed by atoms with Gasteiger partial charge >= 0.3 is 7.60 Å². The topological polar surface area (TPSA) is 79.8 Å². The number of hydrogen-bond donors (Lipinski definition) is 0. The summed E-state index contributed by atoms with van der Waals surface area (Å²) in [6.07, 6.45) is 0.0920. The Kier molecular flexibility index (Phi) is 6.57. The molecule has 2 rings (SSSR count). The van der Waals surface area contributed by atoms with Crippen LogP contribution in [0.25, 0.3) is 11.0 Å². The number of fused-ring (bicyclic) bond motifs is 1. The summed E-state index contributed by atoms with van der Waals surface area (Å²) in [5, 5.41) is 0. The smallest absolute Gasteiger partial charge is 0.335 e. The molecule has 0 spiro atoms. The molecule has 0 unspecified atom stereocenters. The lowest BCUT2D eigenvalue weighted by molar-refractivity contribution is 0.219. The van der Waals surface area contributed by atoms with Crippen LogP contribution < -0.4 is 9.47 Å². The van der Waals surface area contributed by atoms with Gasteiger partial charge in [0.1, 0.15) is 0 Å². The molecule has 0 atom stereocenters. The van der Waals surface area contributed by atoms with E-state index in [0.29, 0.717) is 29.8 Å². The van der Waals surface area contributed by atoms with E-state index in [1.807, 2.05) is 6.07 Å². The number of nitrogens with zero attached hydrogens (tertiary/aromatic N) is 2. The van der Waals surface area contributed by atoms with Crippen LogP contribution in [0.2, 0.25) is 0 Å². The molecular weight excluding hydrogens is 399 g/mol. The number of aromatic nitrogens is 2. The average Bonchev–Trinajstić information content (AvgIpc) is 2.53. The quantitative estimate of drug-likeness (QED) is 0.594. The van der Waals surface area contributed by atoms with Crippen molar-refractivity contribution in [1.29, 1.82) is 0 Å². The van der Waals surface area contributed by atoms with Crippen molar-refractivity contribution in [3.05, 3.63) is 22.2 Å². The third-order valence-electron chi connectivity index (χ3n) is 3.15. The number of benzene rings is 1. The van der Waals surface area contributed by atoms with Crippen LogP contribution in [0.15, 0.2) is 16.6 Å². The van der Waals surface area contributed by atoms with Gasteiger partial charge in [-0.1, -0.05) is 15.9 Å². The first-order valence-corrected chi connectivity index (χ1v) is 9.94. The summed E-state index contributed by atoms with van der Waals surface area (Å²) < 4.78 is 34.8. The number of ether oxygens (including phenoxy) is 2. The van der Waals surface area contributed by atoms with Crippen LogP contribution in [0, 0.1) is 0 Å². The third kappa shape index (κ3) is 4.25. The van der Waals surface area contributed by atoms with E-state index in [1.165, 1.54) is 14.2 Å². The lowest BCUT2D eigenvalue weighted by atomic mass is 10.2. The van der Waals surface area contributed by atoms with Crippen LogP contribution in [0.4, 0.5) is 0 Å². The van der Waals surface area contributed by atoms with Crippen LogP contribution >= 0.6 is 23.5 Å². The molecule has 0 bridgehead atoms. The Morgan fingerprint density at radius 3 is 2.17 bits per heavy atom. The summed E-state index contributed by atoms with van der Waals surface area (Å²) in [6, 6.07) is 3.63. The first kappa shape index (κ1) is 19.1. The fourth-order valence-corrected chi connectivity index (χ4v) is 4.47. The summed E-state index contributed by atoms with van der Waals surface area (Å²) in [4.78, 5) is 8.84. The molecule has 2 aromatic rings. The Balaban J connectivity index is 2.58. The van der Waals surface area contributed by atoms with Gasteiger partial charge < -0.3 is 18.5 Å². The molecule has 24 heavy (non-hydrogen) atoms. The van der Waals surface area contributed by atoms with Gasteiger partial charge in [-0.2, -0.15) is 0 Å². The second-order valence-electron chi connectivity index (χ2n) is 4.78. The highest BCUT2D eigenvalue weighted by molar-refractivity contribution is 9.10. The zero-order valence-corrected chi connectivity index (χ0v) is 16.5. The van der Waals surface area contributed by atoms with Crippen molar-refractivity contribution in [2.24, 2.45) is 0 Å². The molecule has 132 valence electrons. The Morgan fingerprint density at radius 2 is 1.62 bits per heavy atom. The highest BCUT2D eigenvalue weighted by atomic mass is 79.9. The van der Waals surface area contributed by atoms with Crippen molar-refractivity contribution >= 4 is 34.6 Å². The van der Waals surface area contributed by atoms with Gasteiger partial charge in [-0.05, 0) is 31.5 Å². The second kappa shape index (κ2) is 8.25. The molecular formula is C15H20BrN2O5P. The standard InChI is InChI=1S/C15H20BrN2O5P/c1-5-22-24(19,23-6-2)9-10-7-11(16)8-12-13(10)18-15(21-4)14(17-12)20-3/h7-8H,5-6,9H2,1-4H3. The minimum atomic E-state index is -3.27. The number of rotatable bonds is 8. The summed E-state index contributed by atoms with van der Waals surface area (Å²) >= 11 is 3.44. The van der Waals surface area contributed by atoms with Crippen LogP contribution in [-0.2, 0) is 19.8 Å². The third-order valence-corrected chi connectivity index (χ3v) is 5.64. The van der Waals surface area contributed by atoms with Crippen molar-refractivity contribution in [2.75, 3.05) is 27.4 Å². The average molecular weight is 419 g/mol. The highest BCUT2D eigenvalue weighted by Gasteiger charge is 2.26. The highest BCUT2D eigenvalue weighted by Crippen LogP contribution is 2.52. The molecule has 0 aliphatic carbocycles. The normalized spacial score (nSPS) is 11.7. The lowest BCUT2D eigenvalue weighted by Crippen LogP contribution is -2.03. The Labute approximate surface area is 149 Å². The molecule has 0 saturated carbocycles. The number of hydrogen-bond acceptors (Lipinski definition) is 7. The predicted molar refractivity (Wildman–Crippen MR) is 94.9 cm³/mol. The van der Waals surface area contributed by atoms with Crippen molar-refractivity contribution in [3.8, 4) is 11.8 Å². The van der Waals surface area contributed by atoms with Gasteiger partial charge in [0.05, 0.1) is 44.6 Å². The van der Waals surface area contributed by atoms with E-state index in [9.17, 15) is 4.57 Å². The molecule has 0 aliphatic rings. The SMILES string of the molecule is CCOP(=O)(Cc1cc(Br)cc2nc(OC)c(OC)nc12)OCC. The zero-order chi connectivity index (χ0) is 17.7. The van der Waals surface area contributed by atoms with Gasteiger partial charge in [0.15, 0.2) is 0 Å². The molecule has 1 aromatic heterocycles. The van der Waals surface area contributed by atoms with Crippen LogP contribution in [0.1, 0.15) is 19.4 Å². The van der Waals surface area contributed by atoms with Crippen molar-refractivity contribution in [3.63, 3.8) is 0 Å². The van der Waals surface area contributed by atoms with E-state index in [-0.39, 0.29) is 17.9 Å². The lowest BCUT2D eigenvalue weighted by Gasteiger charge is -2.18. The monoisotopic (exact) mass is 418 g/mol. The minimum Gasteiger partial charge on any atom is -0.477 e.